The molecule has 0 unspecified atom stereocenters. The molecule has 0 bridgehead atoms. The van der Waals surface area contributed by atoms with Crippen LogP contribution in [-0.2, 0) is 14.3 Å². The highest BCUT2D eigenvalue weighted by molar-refractivity contribution is 14.0. The number of esters is 1. The van der Waals surface area contributed by atoms with Crippen LogP contribution in [0.3, 0.4) is 0 Å². The van der Waals surface area contributed by atoms with E-state index in [2.05, 4.69) is 34.2 Å². The van der Waals surface area contributed by atoms with Crippen molar-refractivity contribution in [2.24, 2.45) is 10.9 Å². The number of ether oxygens (including phenoxy) is 2. The van der Waals surface area contributed by atoms with Crippen molar-refractivity contribution in [2.75, 3.05) is 61.1 Å². The van der Waals surface area contributed by atoms with Crippen molar-refractivity contribution in [3.63, 3.8) is 0 Å². The van der Waals surface area contributed by atoms with Crippen molar-refractivity contribution < 1.29 is 14.3 Å². The second-order valence-corrected chi connectivity index (χ2v) is 6.92. The largest absolute Gasteiger partial charge is 0.469 e. The number of rotatable bonds is 4. The van der Waals surface area contributed by atoms with Crippen LogP contribution >= 0.6 is 24.0 Å². The van der Waals surface area contributed by atoms with Gasteiger partial charge in [-0.05, 0) is 39.8 Å². The Morgan fingerprint density at radius 3 is 2.40 bits per heavy atom. The fraction of sp³-hybridized carbons (Fsp3) is 0.882. The average Bonchev–Trinajstić information content (AvgIpc) is 2.62. The predicted molar refractivity (Wildman–Crippen MR) is 110 cm³/mol. The molecule has 1 N–H and O–H groups in total. The lowest BCUT2D eigenvalue weighted by Gasteiger charge is -2.44. The van der Waals surface area contributed by atoms with Gasteiger partial charge >= 0.3 is 5.97 Å². The van der Waals surface area contributed by atoms with Gasteiger partial charge in [0.15, 0.2) is 5.96 Å². The molecule has 0 saturated carbocycles. The Balaban J connectivity index is 0.00000312. The van der Waals surface area contributed by atoms with Gasteiger partial charge in [0.05, 0.1) is 13.0 Å². The van der Waals surface area contributed by atoms with Crippen LogP contribution in [0.15, 0.2) is 4.99 Å². The first kappa shape index (κ1) is 22.4. The number of carbonyl (C=O) groups excluding carboxylic acids is 1. The van der Waals surface area contributed by atoms with Crippen molar-refractivity contribution in [1.29, 1.82) is 0 Å². The molecule has 7 nitrogen and oxygen atoms in total. The molecule has 2 rings (SSSR count). The molecule has 2 aliphatic heterocycles. The Hall–Kier alpha value is -0.610. The molecule has 2 saturated heterocycles. The minimum Gasteiger partial charge on any atom is -0.469 e. The van der Waals surface area contributed by atoms with E-state index in [4.69, 9.17) is 9.47 Å². The Morgan fingerprint density at radius 1 is 1.32 bits per heavy atom. The number of nitrogens with zero attached hydrogens (tertiary/aromatic N) is 3. The van der Waals surface area contributed by atoms with Crippen molar-refractivity contribution >= 4 is 35.9 Å². The van der Waals surface area contributed by atoms with Gasteiger partial charge < -0.3 is 24.6 Å². The number of piperidine rings is 1. The Kier molecular flexibility index (Phi) is 9.44. The van der Waals surface area contributed by atoms with Crippen LogP contribution in [0.1, 0.15) is 25.7 Å². The minimum atomic E-state index is -0.0913. The smallest absolute Gasteiger partial charge is 0.308 e. The zero-order chi connectivity index (χ0) is 17.6. The molecule has 0 aromatic rings. The van der Waals surface area contributed by atoms with E-state index < -0.39 is 0 Å². The van der Waals surface area contributed by atoms with Gasteiger partial charge in [0.2, 0.25) is 0 Å². The fourth-order valence-electron chi connectivity index (χ4n) is 3.60. The van der Waals surface area contributed by atoms with Crippen molar-refractivity contribution in [2.45, 2.75) is 31.2 Å². The summed E-state index contributed by atoms with van der Waals surface area (Å²) < 4.78 is 10.4. The molecule has 146 valence electrons. The summed E-state index contributed by atoms with van der Waals surface area (Å²) in [6.45, 7) is 4.13. The molecule has 2 heterocycles. The van der Waals surface area contributed by atoms with Gasteiger partial charge in [-0.2, -0.15) is 0 Å². The monoisotopic (exact) mass is 468 g/mol. The second kappa shape index (κ2) is 10.5. The van der Waals surface area contributed by atoms with Gasteiger partial charge in [0.25, 0.3) is 0 Å². The third-order valence-corrected chi connectivity index (χ3v) is 5.49. The van der Waals surface area contributed by atoms with E-state index in [0.717, 1.165) is 64.5 Å². The summed E-state index contributed by atoms with van der Waals surface area (Å²) in [6, 6.07) is 0. The molecule has 0 atom stereocenters. The van der Waals surface area contributed by atoms with Crippen LogP contribution in [0, 0.1) is 5.92 Å². The SMILES string of the molecule is CN=C(NCC1(N(C)C)CCOCC1)N1CCC(C(=O)OC)CC1.I. The first-order chi connectivity index (χ1) is 11.5. The summed E-state index contributed by atoms with van der Waals surface area (Å²) in [5.41, 5.74) is 0.110. The number of halogens is 1. The lowest BCUT2D eigenvalue weighted by atomic mass is 9.88. The van der Waals surface area contributed by atoms with Crippen molar-refractivity contribution in [1.82, 2.24) is 15.1 Å². The average molecular weight is 468 g/mol. The fourth-order valence-corrected chi connectivity index (χ4v) is 3.60. The molecule has 0 aliphatic carbocycles. The van der Waals surface area contributed by atoms with E-state index in [1.165, 1.54) is 7.11 Å². The van der Waals surface area contributed by atoms with Gasteiger partial charge in [-0.1, -0.05) is 0 Å². The molecular formula is C17H33IN4O3. The maximum Gasteiger partial charge on any atom is 0.308 e. The zero-order valence-electron chi connectivity index (χ0n) is 15.9. The highest BCUT2D eigenvalue weighted by Crippen LogP contribution is 2.25. The van der Waals surface area contributed by atoms with Gasteiger partial charge in [0, 0.05) is 45.4 Å². The van der Waals surface area contributed by atoms with E-state index in [1.54, 1.807) is 0 Å². The number of hydrogen-bond donors (Lipinski definition) is 1. The van der Waals surface area contributed by atoms with Crippen LogP contribution < -0.4 is 5.32 Å². The predicted octanol–water partition coefficient (Wildman–Crippen LogP) is 1.18. The Bertz CT molecular complexity index is 445. The molecule has 8 heteroatoms. The van der Waals surface area contributed by atoms with Gasteiger partial charge in [-0.25, -0.2) is 0 Å². The highest BCUT2D eigenvalue weighted by Gasteiger charge is 2.35. The standard InChI is InChI=1S/C17H32N4O3.HI/c1-18-16(21-9-5-14(6-10-21)15(22)23-4)19-13-17(20(2)3)7-11-24-12-8-17;/h14H,5-13H2,1-4H3,(H,18,19);1H. The van der Waals surface area contributed by atoms with E-state index in [0.29, 0.717) is 0 Å². The summed E-state index contributed by atoms with van der Waals surface area (Å²) in [5.74, 6) is 0.852. The first-order valence-corrected chi connectivity index (χ1v) is 8.81. The van der Waals surface area contributed by atoms with Crippen molar-refractivity contribution in [3.8, 4) is 0 Å². The maximum atomic E-state index is 11.7. The third kappa shape index (κ3) is 5.68. The molecule has 0 radical (unpaired) electrons. The number of methoxy groups -OCH3 is 1. The summed E-state index contributed by atoms with van der Waals surface area (Å²) in [7, 11) is 7.56. The highest BCUT2D eigenvalue weighted by atomic mass is 127. The number of guanidine groups is 1. The molecule has 2 fully saturated rings. The molecule has 0 aromatic heterocycles. The number of nitrogens with one attached hydrogen (secondary N) is 1. The van der Waals surface area contributed by atoms with E-state index >= 15 is 0 Å². The molecule has 0 amide bonds. The van der Waals surface area contributed by atoms with Crippen LogP contribution in [-0.4, -0.2) is 88.4 Å². The Labute approximate surface area is 168 Å². The summed E-state index contributed by atoms with van der Waals surface area (Å²) in [5, 5.41) is 3.55. The molecule has 2 aliphatic rings. The van der Waals surface area contributed by atoms with Gasteiger partial charge in [-0.3, -0.25) is 9.79 Å². The molecular weight excluding hydrogens is 435 g/mol. The van der Waals surface area contributed by atoms with Crippen molar-refractivity contribution in [3.05, 3.63) is 0 Å². The normalized spacial score (nSPS) is 21.6. The number of carbonyl (C=O) groups is 1. The zero-order valence-corrected chi connectivity index (χ0v) is 18.2. The number of likely N-dealkylation sites (tertiary alicyclic amines) is 1. The quantitative estimate of drug-likeness (QED) is 0.289. The van der Waals surface area contributed by atoms with Crippen LogP contribution in [0.4, 0.5) is 0 Å². The molecule has 25 heavy (non-hydrogen) atoms. The van der Waals surface area contributed by atoms with Gasteiger partial charge in [-0.15, -0.1) is 24.0 Å². The molecule has 0 spiro atoms. The van der Waals surface area contributed by atoms with Crippen LogP contribution in [0.25, 0.3) is 0 Å². The summed E-state index contributed by atoms with van der Waals surface area (Å²) >= 11 is 0. The third-order valence-electron chi connectivity index (χ3n) is 5.49. The minimum absolute atomic E-state index is 0. The lowest BCUT2D eigenvalue weighted by molar-refractivity contribution is -0.146. The summed E-state index contributed by atoms with van der Waals surface area (Å²) in [4.78, 5) is 20.6. The molecule has 0 aromatic carbocycles. The van der Waals surface area contributed by atoms with E-state index in [9.17, 15) is 4.79 Å². The van der Waals surface area contributed by atoms with E-state index in [1.807, 2.05) is 7.05 Å². The maximum absolute atomic E-state index is 11.7. The Morgan fingerprint density at radius 2 is 1.92 bits per heavy atom. The number of likely N-dealkylation sites (N-methyl/N-ethyl adjacent to an activating group) is 1. The van der Waals surface area contributed by atoms with Gasteiger partial charge in [0.1, 0.15) is 0 Å². The van der Waals surface area contributed by atoms with Crippen LogP contribution in [0.5, 0.6) is 0 Å². The van der Waals surface area contributed by atoms with E-state index in [-0.39, 0.29) is 41.4 Å². The topological polar surface area (TPSA) is 66.4 Å². The lowest BCUT2D eigenvalue weighted by Crippen LogP contribution is -2.58. The number of hydrogen-bond acceptors (Lipinski definition) is 5. The number of aliphatic imine (C=N–C) groups is 1. The first-order valence-electron chi connectivity index (χ1n) is 8.81. The van der Waals surface area contributed by atoms with Crippen LogP contribution in [0.2, 0.25) is 0 Å². The second-order valence-electron chi connectivity index (χ2n) is 6.92. The summed E-state index contributed by atoms with van der Waals surface area (Å²) in [6.07, 6.45) is 3.68.